The van der Waals surface area contributed by atoms with Gasteiger partial charge in [-0.1, -0.05) is 87.9 Å². The zero-order valence-electron chi connectivity index (χ0n) is 23.2. The van der Waals surface area contributed by atoms with Gasteiger partial charge in [-0.25, -0.2) is 9.79 Å². The maximum Gasteiger partial charge on any atom is 0.338 e. The van der Waals surface area contributed by atoms with Crippen LogP contribution in [0.3, 0.4) is 0 Å². The van der Waals surface area contributed by atoms with Gasteiger partial charge in [0.2, 0.25) is 0 Å². The fraction of sp³-hybridized carbons (Fsp3) is 0.355. The van der Waals surface area contributed by atoms with Crippen LogP contribution in [-0.4, -0.2) is 30.1 Å². The summed E-state index contributed by atoms with van der Waals surface area (Å²) in [5.41, 5.74) is 4.29. The molecule has 3 aromatic rings. The Labute approximate surface area is 231 Å². The molecule has 1 amide bonds. The lowest BCUT2D eigenvalue weighted by molar-refractivity contribution is -0.136. The van der Waals surface area contributed by atoms with Gasteiger partial charge < -0.3 is 9.64 Å². The number of amides is 1. The summed E-state index contributed by atoms with van der Waals surface area (Å²) >= 11 is 1.20. The highest BCUT2D eigenvalue weighted by molar-refractivity contribution is 7.07. The number of hydrogen-bond acceptors (Lipinski definition) is 6. The Morgan fingerprint density at radius 1 is 1.08 bits per heavy atom. The summed E-state index contributed by atoms with van der Waals surface area (Å²) in [5.74, 6) is -0.711. The molecule has 39 heavy (non-hydrogen) atoms. The highest BCUT2D eigenvalue weighted by atomic mass is 32.1. The van der Waals surface area contributed by atoms with Crippen LogP contribution in [-0.2, 0) is 19.7 Å². The first-order valence-corrected chi connectivity index (χ1v) is 14.0. The third-order valence-electron chi connectivity index (χ3n) is 7.38. The van der Waals surface area contributed by atoms with Gasteiger partial charge in [0, 0.05) is 12.1 Å². The van der Waals surface area contributed by atoms with Crippen molar-refractivity contribution < 1.29 is 14.3 Å². The summed E-state index contributed by atoms with van der Waals surface area (Å²) in [6.07, 6.45) is 1.81. The van der Waals surface area contributed by atoms with Crippen molar-refractivity contribution >= 4 is 34.5 Å². The number of carbonyl (C=O) groups excluding carboxylic acids is 2. The summed E-state index contributed by atoms with van der Waals surface area (Å²) in [6, 6.07) is 14.8. The van der Waals surface area contributed by atoms with Gasteiger partial charge in [-0.3, -0.25) is 14.2 Å². The van der Waals surface area contributed by atoms with E-state index >= 15 is 0 Å². The van der Waals surface area contributed by atoms with Crippen LogP contribution in [0.15, 0.2) is 69.6 Å². The molecule has 2 aliphatic rings. The summed E-state index contributed by atoms with van der Waals surface area (Å²) in [7, 11) is 1.33. The fourth-order valence-corrected chi connectivity index (χ4v) is 6.40. The van der Waals surface area contributed by atoms with Crippen LogP contribution in [0.1, 0.15) is 70.2 Å². The minimum Gasteiger partial charge on any atom is -0.466 e. The largest absolute Gasteiger partial charge is 0.466 e. The minimum absolute atomic E-state index is 0.0502. The highest BCUT2D eigenvalue weighted by Gasteiger charge is 2.37. The smallest absolute Gasteiger partial charge is 0.338 e. The van der Waals surface area contributed by atoms with E-state index in [0.717, 1.165) is 35.2 Å². The normalized spacial score (nSPS) is 18.2. The van der Waals surface area contributed by atoms with Crippen molar-refractivity contribution in [3.8, 4) is 0 Å². The SMILES string of the molecule is CCCCN1C(=O)/C(=c2\sc3n(c2=O)C(c2ccc(C(C)(C)C)cc2)C(C(=O)OC)=C(C)N=3)c2ccccc21. The first kappa shape index (κ1) is 26.8. The predicted molar refractivity (Wildman–Crippen MR) is 154 cm³/mol. The molecule has 1 atom stereocenters. The first-order chi connectivity index (χ1) is 18.6. The van der Waals surface area contributed by atoms with E-state index in [4.69, 9.17) is 4.74 Å². The molecule has 0 bridgehead atoms. The average molecular weight is 544 g/mol. The molecule has 0 N–H and O–H groups in total. The maximum atomic E-state index is 14.2. The number of hydrogen-bond donors (Lipinski definition) is 0. The second-order valence-corrected chi connectivity index (χ2v) is 11.9. The Bertz CT molecular complexity index is 1690. The van der Waals surface area contributed by atoms with E-state index in [0.29, 0.717) is 32.7 Å². The van der Waals surface area contributed by atoms with Crippen LogP contribution in [0.4, 0.5) is 5.69 Å². The molecule has 2 aliphatic heterocycles. The van der Waals surface area contributed by atoms with Crippen LogP contribution < -0.4 is 19.8 Å². The molecule has 1 unspecified atom stereocenters. The fourth-order valence-electron chi connectivity index (χ4n) is 5.26. The van der Waals surface area contributed by atoms with Crippen molar-refractivity contribution in [2.24, 2.45) is 4.99 Å². The molecule has 202 valence electrons. The van der Waals surface area contributed by atoms with E-state index in [9.17, 15) is 14.4 Å². The molecule has 1 aromatic heterocycles. The molecule has 7 nitrogen and oxygen atoms in total. The van der Waals surface area contributed by atoms with E-state index in [1.165, 1.54) is 18.4 Å². The van der Waals surface area contributed by atoms with E-state index < -0.39 is 12.0 Å². The minimum atomic E-state index is -0.722. The molecule has 0 spiro atoms. The van der Waals surface area contributed by atoms with Crippen molar-refractivity contribution in [2.45, 2.75) is 58.9 Å². The van der Waals surface area contributed by atoms with Gasteiger partial charge >= 0.3 is 5.97 Å². The Balaban J connectivity index is 1.77. The van der Waals surface area contributed by atoms with Gasteiger partial charge in [0.25, 0.3) is 11.5 Å². The second-order valence-electron chi connectivity index (χ2n) is 11.0. The topological polar surface area (TPSA) is 81.0 Å². The molecular formula is C31H33N3O4S. The number of rotatable bonds is 5. The zero-order valence-corrected chi connectivity index (χ0v) is 24.0. The zero-order chi connectivity index (χ0) is 28.1. The number of methoxy groups -OCH3 is 1. The summed E-state index contributed by atoms with van der Waals surface area (Å²) in [5, 5.41) is 0. The molecular weight excluding hydrogens is 510 g/mol. The van der Waals surface area contributed by atoms with Gasteiger partial charge in [0.1, 0.15) is 4.53 Å². The van der Waals surface area contributed by atoms with E-state index in [-0.39, 0.29) is 16.9 Å². The van der Waals surface area contributed by atoms with Gasteiger partial charge in [-0.05, 0) is 36.0 Å². The number of unbranched alkanes of at least 4 members (excludes halogenated alkanes) is 1. The Morgan fingerprint density at radius 2 is 1.77 bits per heavy atom. The van der Waals surface area contributed by atoms with Crippen LogP contribution in [0.25, 0.3) is 5.57 Å². The number of allylic oxidation sites excluding steroid dienone is 1. The number of carbonyl (C=O) groups is 2. The molecule has 0 saturated heterocycles. The van der Waals surface area contributed by atoms with Gasteiger partial charge in [-0.2, -0.15) is 0 Å². The van der Waals surface area contributed by atoms with Gasteiger partial charge in [0.05, 0.1) is 35.7 Å². The lowest BCUT2D eigenvalue weighted by Crippen LogP contribution is -2.41. The lowest BCUT2D eigenvalue weighted by Gasteiger charge is -2.25. The van der Waals surface area contributed by atoms with Crippen LogP contribution in [0, 0.1) is 0 Å². The molecule has 0 radical (unpaired) electrons. The number of ether oxygens (including phenoxy) is 1. The third kappa shape index (κ3) is 4.46. The lowest BCUT2D eigenvalue weighted by atomic mass is 9.85. The number of esters is 1. The molecule has 2 aromatic carbocycles. The van der Waals surface area contributed by atoms with Crippen molar-refractivity contribution in [3.05, 3.63) is 96.2 Å². The predicted octanol–water partition coefficient (Wildman–Crippen LogP) is 4.22. The number of nitrogens with zero attached hydrogens (tertiary/aromatic N) is 3. The highest BCUT2D eigenvalue weighted by Crippen LogP contribution is 2.36. The Kier molecular flexibility index (Phi) is 6.93. The van der Waals surface area contributed by atoms with Crippen molar-refractivity contribution in [1.29, 1.82) is 0 Å². The molecule has 5 rings (SSSR count). The quantitative estimate of drug-likeness (QED) is 0.452. The standard InChI is InChI=1S/C31H33N3O4S/c1-7-8-17-33-22-12-10-9-11-21(22)24(27(33)35)26-28(36)34-25(19-13-15-20(16-14-19)31(3,4)5)23(29(37)38-6)18(2)32-30(34)39-26/h9-16,25H,7-8,17H2,1-6H3/b26-24-. The summed E-state index contributed by atoms with van der Waals surface area (Å²) < 4.78 is 7.01. The van der Waals surface area contributed by atoms with Crippen molar-refractivity contribution in [2.75, 3.05) is 18.6 Å². The summed E-state index contributed by atoms with van der Waals surface area (Å²) in [6.45, 7) is 10.8. The van der Waals surface area contributed by atoms with Gasteiger partial charge in [-0.15, -0.1) is 0 Å². The Hall–Kier alpha value is -3.78. The van der Waals surface area contributed by atoms with Gasteiger partial charge in [0.15, 0.2) is 4.80 Å². The first-order valence-electron chi connectivity index (χ1n) is 13.2. The van der Waals surface area contributed by atoms with Crippen LogP contribution >= 0.6 is 11.3 Å². The summed E-state index contributed by atoms with van der Waals surface area (Å²) in [4.78, 5) is 47.8. The van der Waals surface area contributed by atoms with Crippen LogP contribution in [0.5, 0.6) is 0 Å². The number of benzene rings is 2. The monoisotopic (exact) mass is 543 g/mol. The molecule has 0 aliphatic carbocycles. The maximum absolute atomic E-state index is 14.2. The Morgan fingerprint density at radius 3 is 2.41 bits per heavy atom. The van der Waals surface area contributed by atoms with E-state index in [1.807, 2.05) is 48.5 Å². The molecule has 8 heteroatoms. The number of anilines is 1. The van der Waals surface area contributed by atoms with E-state index in [2.05, 4.69) is 32.7 Å². The van der Waals surface area contributed by atoms with E-state index in [1.54, 1.807) is 16.4 Å². The molecule has 0 saturated carbocycles. The number of thiazole rings is 1. The average Bonchev–Trinajstić information content (AvgIpc) is 3.37. The number of fused-ring (bicyclic) bond motifs is 2. The van der Waals surface area contributed by atoms with Crippen molar-refractivity contribution in [3.63, 3.8) is 0 Å². The second kappa shape index (κ2) is 10.1. The number of aromatic nitrogens is 1. The molecule has 0 fully saturated rings. The van der Waals surface area contributed by atoms with Crippen LogP contribution in [0.2, 0.25) is 0 Å². The van der Waals surface area contributed by atoms with Crippen molar-refractivity contribution in [1.82, 2.24) is 4.57 Å². The third-order valence-corrected chi connectivity index (χ3v) is 8.43. The molecule has 3 heterocycles. The number of para-hydroxylation sites is 1.